The van der Waals surface area contributed by atoms with E-state index in [9.17, 15) is 4.79 Å². The smallest absolute Gasteiger partial charge is 0.321 e. The fraction of sp³-hybridized carbons (Fsp3) is 0.240. The molecule has 3 heterocycles. The van der Waals surface area contributed by atoms with Gasteiger partial charge in [0.2, 0.25) is 11.8 Å². The zero-order valence-electron chi connectivity index (χ0n) is 18.5. The third-order valence-electron chi connectivity index (χ3n) is 5.41. The Bertz CT molecular complexity index is 1130. The van der Waals surface area contributed by atoms with Gasteiger partial charge in [-0.3, -0.25) is 0 Å². The van der Waals surface area contributed by atoms with E-state index in [2.05, 4.69) is 28.3 Å². The molecule has 33 heavy (non-hydrogen) atoms. The van der Waals surface area contributed by atoms with Crippen molar-refractivity contribution in [2.24, 2.45) is 5.92 Å². The number of piperidine rings is 1. The van der Waals surface area contributed by atoms with E-state index in [-0.39, 0.29) is 11.9 Å². The van der Waals surface area contributed by atoms with Crippen molar-refractivity contribution in [3.63, 3.8) is 0 Å². The number of ether oxygens (including phenoxy) is 2. The highest BCUT2D eigenvalue weighted by molar-refractivity contribution is 6.30. The third-order valence-corrected chi connectivity index (χ3v) is 5.64. The quantitative estimate of drug-likeness (QED) is 0.509. The highest BCUT2D eigenvalue weighted by Gasteiger charge is 2.24. The second-order valence-corrected chi connectivity index (χ2v) is 8.26. The molecule has 1 saturated heterocycles. The fourth-order valence-corrected chi connectivity index (χ4v) is 3.76. The van der Waals surface area contributed by atoms with E-state index >= 15 is 0 Å². The average Bonchev–Trinajstić information content (AvgIpc) is 2.82. The van der Waals surface area contributed by atoms with Gasteiger partial charge in [0.05, 0.1) is 24.0 Å². The number of nitrogens with one attached hydrogen (secondary N) is 1. The number of benzene rings is 1. The van der Waals surface area contributed by atoms with Gasteiger partial charge in [-0.15, -0.1) is 0 Å². The van der Waals surface area contributed by atoms with Crippen LogP contribution in [0.15, 0.2) is 66.5 Å². The number of urea groups is 1. The van der Waals surface area contributed by atoms with Gasteiger partial charge in [0, 0.05) is 31.4 Å². The highest BCUT2D eigenvalue weighted by atomic mass is 35.5. The molecule has 1 aliphatic heterocycles. The Morgan fingerprint density at radius 3 is 2.67 bits per heavy atom. The summed E-state index contributed by atoms with van der Waals surface area (Å²) in [6.45, 7) is 3.43. The molecule has 0 bridgehead atoms. The van der Waals surface area contributed by atoms with Crippen molar-refractivity contribution in [2.45, 2.75) is 13.3 Å². The van der Waals surface area contributed by atoms with E-state index in [4.69, 9.17) is 21.1 Å². The largest absolute Gasteiger partial charge is 0.481 e. The second kappa shape index (κ2) is 10.4. The SMILES string of the molecule is COc1ccc(NC(=O)N2CC/C(=C\c3cccc(Oc4ccc(Cl)cn4)c3)C(C)C2)cn1. The normalized spacial score (nSPS) is 17.0. The van der Waals surface area contributed by atoms with Crippen molar-refractivity contribution in [1.82, 2.24) is 14.9 Å². The summed E-state index contributed by atoms with van der Waals surface area (Å²) in [5, 5.41) is 3.47. The summed E-state index contributed by atoms with van der Waals surface area (Å²) in [5.74, 6) is 1.94. The third kappa shape index (κ3) is 6.02. The molecule has 0 aliphatic carbocycles. The second-order valence-electron chi connectivity index (χ2n) is 7.82. The maximum absolute atomic E-state index is 12.7. The van der Waals surface area contributed by atoms with E-state index < -0.39 is 0 Å². The molecular weight excluding hydrogens is 440 g/mol. The van der Waals surface area contributed by atoms with Crippen molar-refractivity contribution < 1.29 is 14.3 Å². The Morgan fingerprint density at radius 2 is 1.97 bits per heavy atom. The average molecular weight is 465 g/mol. The number of hydrogen-bond acceptors (Lipinski definition) is 5. The van der Waals surface area contributed by atoms with Crippen molar-refractivity contribution in [2.75, 3.05) is 25.5 Å². The van der Waals surface area contributed by atoms with Crippen molar-refractivity contribution in [3.8, 4) is 17.5 Å². The maximum Gasteiger partial charge on any atom is 0.321 e. The van der Waals surface area contributed by atoms with Gasteiger partial charge in [0.25, 0.3) is 0 Å². The van der Waals surface area contributed by atoms with Crippen molar-refractivity contribution in [3.05, 3.63) is 77.1 Å². The van der Waals surface area contributed by atoms with Crippen molar-refractivity contribution in [1.29, 1.82) is 0 Å². The van der Waals surface area contributed by atoms with E-state index in [0.717, 1.165) is 12.0 Å². The molecule has 1 N–H and O–H groups in total. The molecule has 1 unspecified atom stereocenters. The zero-order chi connectivity index (χ0) is 23.2. The molecule has 0 radical (unpaired) electrons. The minimum atomic E-state index is -0.126. The van der Waals surface area contributed by atoms with Crippen LogP contribution >= 0.6 is 11.6 Å². The van der Waals surface area contributed by atoms with Gasteiger partial charge < -0.3 is 19.7 Å². The summed E-state index contributed by atoms with van der Waals surface area (Å²) in [5.41, 5.74) is 2.99. The number of halogens is 1. The molecule has 0 saturated carbocycles. The van der Waals surface area contributed by atoms with E-state index in [1.165, 1.54) is 5.57 Å². The predicted molar refractivity (Wildman–Crippen MR) is 129 cm³/mol. The lowest BCUT2D eigenvalue weighted by molar-refractivity contribution is 0.198. The first-order valence-electron chi connectivity index (χ1n) is 10.7. The predicted octanol–water partition coefficient (Wildman–Crippen LogP) is 5.89. The van der Waals surface area contributed by atoms with Gasteiger partial charge in [0.15, 0.2) is 0 Å². The van der Waals surface area contributed by atoms with Crippen LogP contribution in [0.5, 0.6) is 17.5 Å². The lowest BCUT2D eigenvalue weighted by Crippen LogP contribution is -2.42. The van der Waals surface area contributed by atoms with Gasteiger partial charge in [-0.2, -0.15) is 0 Å². The Morgan fingerprint density at radius 1 is 1.15 bits per heavy atom. The first-order chi connectivity index (χ1) is 16.0. The number of aromatic nitrogens is 2. The van der Waals surface area contributed by atoms with E-state index in [1.807, 2.05) is 29.2 Å². The molecule has 1 fully saturated rings. The molecule has 4 rings (SSSR count). The Kier molecular flexibility index (Phi) is 7.10. The summed E-state index contributed by atoms with van der Waals surface area (Å²) >= 11 is 5.88. The number of pyridine rings is 2. The number of rotatable bonds is 5. The molecule has 3 aromatic rings. The van der Waals surface area contributed by atoms with Crippen LogP contribution in [0.3, 0.4) is 0 Å². The molecule has 8 heteroatoms. The molecule has 1 aliphatic rings. The molecule has 7 nitrogen and oxygen atoms in total. The number of likely N-dealkylation sites (tertiary alicyclic amines) is 1. The van der Waals surface area contributed by atoms with Gasteiger partial charge in [-0.25, -0.2) is 14.8 Å². The number of carbonyl (C=O) groups is 1. The van der Waals surface area contributed by atoms with Gasteiger partial charge in [-0.05, 0) is 42.2 Å². The van der Waals surface area contributed by atoms with Crippen LogP contribution < -0.4 is 14.8 Å². The first kappa shape index (κ1) is 22.6. The number of nitrogens with zero attached hydrogens (tertiary/aromatic N) is 3. The number of carbonyl (C=O) groups excluding carboxylic acids is 1. The molecule has 2 amide bonds. The molecule has 0 spiro atoms. The molecule has 2 aromatic heterocycles. The topological polar surface area (TPSA) is 76.6 Å². The Labute approximate surface area is 198 Å². The Balaban J connectivity index is 1.37. The minimum Gasteiger partial charge on any atom is -0.481 e. The Hall–Kier alpha value is -3.58. The standard InChI is InChI=1S/C25H25ClN4O3/c1-17-16-30(25(31)29-21-7-9-23(32-2)28-15-21)11-10-19(17)12-18-4-3-5-22(13-18)33-24-8-6-20(26)14-27-24/h3-9,12-15,17H,10-11,16H2,1-2H3,(H,29,31)/b19-12+. The van der Waals surface area contributed by atoms with Crippen LogP contribution in [0.2, 0.25) is 5.02 Å². The number of hydrogen-bond donors (Lipinski definition) is 1. The summed E-state index contributed by atoms with van der Waals surface area (Å²) in [4.78, 5) is 22.8. The zero-order valence-corrected chi connectivity index (χ0v) is 19.2. The first-order valence-corrected chi connectivity index (χ1v) is 11.0. The molecule has 1 atom stereocenters. The van der Waals surface area contributed by atoms with Gasteiger partial charge in [-0.1, -0.05) is 42.3 Å². The van der Waals surface area contributed by atoms with Crippen LogP contribution in [0.4, 0.5) is 10.5 Å². The monoisotopic (exact) mass is 464 g/mol. The molecular formula is C25H25ClN4O3. The van der Waals surface area contributed by atoms with Crippen LogP contribution in [-0.2, 0) is 0 Å². The van der Waals surface area contributed by atoms with Crippen LogP contribution in [-0.4, -0.2) is 41.1 Å². The fourth-order valence-electron chi connectivity index (χ4n) is 3.65. The van der Waals surface area contributed by atoms with Crippen molar-refractivity contribution >= 4 is 29.4 Å². The van der Waals surface area contributed by atoms with Crippen LogP contribution in [0.25, 0.3) is 6.08 Å². The van der Waals surface area contributed by atoms with E-state index in [1.54, 1.807) is 43.8 Å². The summed E-state index contributed by atoms with van der Waals surface area (Å²) in [7, 11) is 1.56. The minimum absolute atomic E-state index is 0.126. The number of methoxy groups -OCH3 is 1. The van der Waals surface area contributed by atoms with Gasteiger partial charge >= 0.3 is 6.03 Å². The summed E-state index contributed by atoms with van der Waals surface area (Å²) in [6, 6.07) is 14.7. The number of amides is 2. The van der Waals surface area contributed by atoms with E-state index in [0.29, 0.717) is 41.3 Å². The van der Waals surface area contributed by atoms with Gasteiger partial charge in [0.1, 0.15) is 5.75 Å². The lowest BCUT2D eigenvalue weighted by Gasteiger charge is -2.33. The van der Waals surface area contributed by atoms with Crippen LogP contribution in [0.1, 0.15) is 18.9 Å². The maximum atomic E-state index is 12.7. The van der Waals surface area contributed by atoms with Crippen LogP contribution in [0, 0.1) is 5.92 Å². The molecule has 1 aromatic carbocycles. The molecule has 170 valence electrons. The highest BCUT2D eigenvalue weighted by Crippen LogP contribution is 2.28. The summed E-state index contributed by atoms with van der Waals surface area (Å²) < 4.78 is 10.9. The number of anilines is 1. The summed E-state index contributed by atoms with van der Waals surface area (Å²) in [6.07, 6.45) is 6.12. The lowest BCUT2D eigenvalue weighted by atomic mass is 9.91.